The van der Waals surface area contributed by atoms with E-state index in [4.69, 9.17) is 19.7 Å². The van der Waals surface area contributed by atoms with Crippen LogP contribution >= 0.6 is 0 Å². The molecule has 180 valence electrons. The number of fused-ring (bicyclic) bond motifs is 1. The Balaban J connectivity index is 1.54. The minimum Gasteiger partial charge on any atom is -0.378 e. The Bertz CT molecular complexity index is 1180. The lowest BCUT2D eigenvalue weighted by Crippen LogP contribution is -2.44. The van der Waals surface area contributed by atoms with Gasteiger partial charge >= 0.3 is 0 Å². The van der Waals surface area contributed by atoms with Gasteiger partial charge in [0, 0.05) is 59.1 Å². The van der Waals surface area contributed by atoms with Crippen molar-refractivity contribution >= 4 is 28.9 Å². The molecule has 2 saturated heterocycles. The van der Waals surface area contributed by atoms with Crippen LogP contribution in [0, 0.1) is 12.8 Å². The molecule has 2 aliphatic heterocycles. The predicted molar refractivity (Wildman–Crippen MR) is 131 cm³/mol. The molecule has 0 radical (unpaired) electrons. The monoisotopic (exact) mass is 464 g/mol. The highest BCUT2D eigenvalue weighted by atomic mass is 16.5. The van der Waals surface area contributed by atoms with E-state index in [-0.39, 0.29) is 0 Å². The Morgan fingerprint density at radius 1 is 1.03 bits per heavy atom. The molecule has 3 aromatic rings. The number of morpholine rings is 1. The molecule has 3 fully saturated rings. The van der Waals surface area contributed by atoms with Gasteiger partial charge in [-0.05, 0) is 25.7 Å². The first kappa shape index (κ1) is 21.5. The lowest BCUT2D eigenvalue weighted by molar-refractivity contribution is 0.122. The van der Waals surface area contributed by atoms with E-state index in [1.165, 1.54) is 12.8 Å². The van der Waals surface area contributed by atoms with Crippen LogP contribution in [0.2, 0.25) is 0 Å². The summed E-state index contributed by atoms with van der Waals surface area (Å²) < 4.78 is 7.96. The van der Waals surface area contributed by atoms with Crippen LogP contribution in [0.1, 0.15) is 18.5 Å². The number of nitrogens with zero attached hydrogens (tertiary/aromatic N) is 8. The highest BCUT2D eigenvalue weighted by Gasteiger charge is 2.30. The largest absolute Gasteiger partial charge is 0.378 e. The molecule has 3 aromatic heterocycles. The summed E-state index contributed by atoms with van der Waals surface area (Å²) in [5.74, 6) is 3.84. The molecular formula is C23H32N10O. The van der Waals surface area contributed by atoms with Gasteiger partial charge < -0.3 is 25.2 Å². The Morgan fingerprint density at radius 3 is 2.53 bits per heavy atom. The second-order valence-corrected chi connectivity index (χ2v) is 9.29. The van der Waals surface area contributed by atoms with Crippen LogP contribution in [0.3, 0.4) is 0 Å². The zero-order valence-electron chi connectivity index (χ0n) is 19.9. The summed E-state index contributed by atoms with van der Waals surface area (Å²) >= 11 is 0. The number of hydrogen-bond donors (Lipinski definition) is 2. The highest BCUT2D eigenvalue weighted by molar-refractivity contribution is 5.88. The average molecular weight is 465 g/mol. The standard InChI is InChI=1S/C23H32N10O/c1-15-17(13-26-22(24-2)27-15)19-29-20(31-9-11-34-12-10-31)18-21(30-19)33(14-16-3-4-16)23(28-18)32-7-5-25-6-8-32/h13,16,25H,3-12,14H2,1-2H3,(H,24,26,27). The van der Waals surface area contributed by atoms with Crippen LogP contribution < -0.4 is 20.4 Å². The van der Waals surface area contributed by atoms with Crippen molar-refractivity contribution in [2.45, 2.75) is 26.3 Å². The van der Waals surface area contributed by atoms with Gasteiger partial charge in [-0.25, -0.2) is 24.9 Å². The van der Waals surface area contributed by atoms with Crippen molar-refractivity contribution in [1.82, 2.24) is 34.8 Å². The number of hydrogen-bond acceptors (Lipinski definition) is 10. The second kappa shape index (κ2) is 8.95. The van der Waals surface area contributed by atoms with Gasteiger partial charge in [0.15, 0.2) is 22.8 Å². The molecule has 0 amide bonds. The molecule has 11 heteroatoms. The van der Waals surface area contributed by atoms with Crippen molar-refractivity contribution in [3.63, 3.8) is 0 Å². The molecule has 1 aliphatic carbocycles. The van der Waals surface area contributed by atoms with E-state index < -0.39 is 0 Å². The number of aryl methyl sites for hydroxylation is 1. The van der Waals surface area contributed by atoms with Crippen molar-refractivity contribution in [2.24, 2.45) is 5.92 Å². The second-order valence-electron chi connectivity index (χ2n) is 9.29. The highest BCUT2D eigenvalue weighted by Crippen LogP contribution is 2.36. The van der Waals surface area contributed by atoms with Gasteiger partial charge in [-0.2, -0.15) is 0 Å². The Morgan fingerprint density at radius 2 is 1.82 bits per heavy atom. The third-order valence-corrected chi connectivity index (χ3v) is 6.85. The molecule has 3 aliphatic rings. The molecule has 34 heavy (non-hydrogen) atoms. The zero-order chi connectivity index (χ0) is 23.1. The first-order chi connectivity index (χ1) is 16.7. The van der Waals surface area contributed by atoms with Gasteiger partial charge in [-0.15, -0.1) is 0 Å². The van der Waals surface area contributed by atoms with Crippen LogP contribution in [0.5, 0.6) is 0 Å². The SMILES string of the molecule is CNc1ncc(-c2nc(N3CCOCC3)c3nc(N4CCNCC4)n(CC4CC4)c3n2)c(C)n1. The van der Waals surface area contributed by atoms with Crippen LogP contribution in [0.4, 0.5) is 17.7 Å². The van der Waals surface area contributed by atoms with Gasteiger partial charge in [0.2, 0.25) is 11.9 Å². The Hall–Kier alpha value is -3.05. The summed E-state index contributed by atoms with van der Waals surface area (Å²) in [5, 5.41) is 6.46. The summed E-state index contributed by atoms with van der Waals surface area (Å²) in [4.78, 5) is 29.0. The molecule has 11 nitrogen and oxygen atoms in total. The van der Waals surface area contributed by atoms with Crippen LogP contribution in [0.25, 0.3) is 22.6 Å². The minimum absolute atomic E-state index is 0.593. The fourth-order valence-corrected chi connectivity index (χ4v) is 4.73. The molecule has 1 saturated carbocycles. The molecule has 5 heterocycles. The van der Waals surface area contributed by atoms with Gasteiger partial charge in [-0.1, -0.05) is 0 Å². The number of aromatic nitrogens is 6. The molecule has 0 aromatic carbocycles. The van der Waals surface area contributed by atoms with Crippen molar-refractivity contribution in [3.8, 4) is 11.4 Å². The molecule has 0 bridgehead atoms. The summed E-state index contributed by atoms with van der Waals surface area (Å²) in [5.41, 5.74) is 3.48. The first-order valence-electron chi connectivity index (χ1n) is 12.3. The number of rotatable bonds is 6. The van der Waals surface area contributed by atoms with Crippen molar-refractivity contribution in [3.05, 3.63) is 11.9 Å². The Labute approximate surface area is 199 Å². The number of nitrogens with one attached hydrogen (secondary N) is 2. The van der Waals surface area contributed by atoms with Gasteiger partial charge in [0.25, 0.3) is 0 Å². The molecule has 0 atom stereocenters. The lowest BCUT2D eigenvalue weighted by atomic mass is 10.2. The predicted octanol–water partition coefficient (Wildman–Crippen LogP) is 1.29. The zero-order valence-corrected chi connectivity index (χ0v) is 19.9. The van der Waals surface area contributed by atoms with Gasteiger partial charge in [0.05, 0.1) is 24.5 Å². The molecule has 0 unspecified atom stereocenters. The fraction of sp³-hybridized carbons (Fsp3) is 0.609. The summed E-state index contributed by atoms with van der Waals surface area (Å²) in [6.45, 7) is 9.70. The van der Waals surface area contributed by atoms with Crippen molar-refractivity contribution < 1.29 is 4.74 Å². The summed E-state index contributed by atoms with van der Waals surface area (Å²) in [6.07, 6.45) is 4.36. The normalized spacial score (nSPS) is 19.1. The van der Waals surface area contributed by atoms with E-state index in [0.717, 1.165) is 80.0 Å². The van der Waals surface area contributed by atoms with Crippen LogP contribution in [-0.2, 0) is 11.3 Å². The van der Waals surface area contributed by atoms with E-state index >= 15 is 0 Å². The number of piperazine rings is 1. The number of anilines is 3. The van der Waals surface area contributed by atoms with E-state index in [1.807, 2.05) is 20.2 Å². The van der Waals surface area contributed by atoms with Crippen molar-refractivity contribution in [2.75, 3.05) is 74.6 Å². The molecule has 0 spiro atoms. The lowest BCUT2D eigenvalue weighted by Gasteiger charge is -2.28. The van der Waals surface area contributed by atoms with Gasteiger partial charge in [-0.3, -0.25) is 4.57 Å². The smallest absolute Gasteiger partial charge is 0.222 e. The maximum atomic E-state index is 5.62. The maximum absolute atomic E-state index is 5.62. The van der Waals surface area contributed by atoms with Crippen molar-refractivity contribution in [1.29, 1.82) is 0 Å². The molecular weight excluding hydrogens is 432 g/mol. The van der Waals surface area contributed by atoms with E-state index in [9.17, 15) is 0 Å². The molecule has 6 rings (SSSR count). The fourth-order valence-electron chi connectivity index (χ4n) is 4.73. The summed E-state index contributed by atoms with van der Waals surface area (Å²) in [7, 11) is 1.82. The minimum atomic E-state index is 0.593. The number of imidazole rings is 1. The van der Waals surface area contributed by atoms with E-state index in [2.05, 4.69) is 35.0 Å². The maximum Gasteiger partial charge on any atom is 0.222 e. The molecule has 2 N–H and O–H groups in total. The third kappa shape index (κ3) is 4.03. The first-order valence-corrected chi connectivity index (χ1v) is 12.3. The quantitative estimate of drug-likeness (QED) is 0.554. The van der Waals surface area contributed by atoms with Gasteiger partial charge in [0.1, 0.15) is 0 Å². The van der Waals surface area contributed by atoms with Crippen LogP contribution in [-0.4, -0.2) is 89.0 Å². The number of ether oxygens (including phenoxy) is 1. The van der Waals surface area contributed by atoms with E-state index in [0.29, 0.717) is 30.9 Å². The topological polar surface area (TPSA) is 109 Å². The summed E-state index contributed by atoms with van der Waals surface area (Å²) in [6, 6.07) is 0. The van der Waals surface area contributed by atoms with Crippen LogP contribution in [0.15, 0.2) is 6.20 Å². The van der Waals surface area contributed by atoms with E-state index in [1.54, 1.807) is 0 Å². The Kier molecular flexibility index (Phi) is 5.66. The third-order valence-electron chi connectivity index (χ3n) is 6.85. The average Bonchev–Trinajstić information content (AvgIpc) is 3.64.